The van der Waals surface area contributed by atoms with Gasteiger partial charge in [0.05, 0.1) is 16.7 Å². The third-order valence-corrected chi connectivity index (χ3v) is 11.6. The lowest BCUT2D eigenvalue weighted by molar-refractivity contribution is 0.661. The summed E-state index contributed by atoms with van der Waals surface area (Å²) >= 11 is 0. The Bertz CT molecular complexity index is 3060. The van der Waals surface area contributed by atoms with E-state index in [0.717, 1.165) is 44.6 Å². The molecule has 0 N–H and O–H groups in total. The van der Waals surface area contributed by atoms with Crippen molar-refractivity contribution in [3.63, 3.8) is 0 Å². The van der Waals surface area contributed by atoms with Crippen LogP contribution in [-0.2, 0) is 5.41 Å². The first kappa shape index (κ1) is 33.7. The van der Waals surface area contributed by atoms with Crippen molar-refractivity contribution in [3.05, 3.63) is 194 Å². The molecule has 6 aromatic carbocycles. The van der Waals surface area contributed by atoms with Crippen molar-refractivity contribution >= 4 is 21.8 Å². The van der Waals surface area contributed by atoms with Crippen LogP contribution in [0.25, 0.3) is 95.2 Å². The number of para-hydroxylation sites is 1. The van der Waals surface area contributed by atoms with Crippen LogP contribution in [0.2, 0.25) is 0 Å². The Morgan fingerprint density at radius 1 is 0.466 bits per heavy atom. The van der Waals surface area contributed by atoms with E-state index in [9.17, 15) is 0 Å². The molecule has 0 atom stereocenters. The second kappa shape index (κ2) is 13.3. The maximum Gasteiger partial charge on any atom is 0.182 e. The smallest absolute Gasteiger partial charge is 0.182 e. The summed E-state index contributed by atoms with van der Waals surface area (Å²) in [5.74, 6) is 1.58. The number of pyridine rings is 2. The first-order valence-electron chi connectivity index (χ1n) is 19.6. The predicted molar refractivity (Wildman–Crippen MR) is 234 cm³/mol. The Morgan fingerprint density at radius 2 is 1.10 bits per heavy atom. The van der Waals surface area contributed by atoms with Gasteiger partial charge in [0.2, 0.25) is 0 Å². The molecule has 11 rings (SSSR count). The second-order valence-electron chi connectivity index (χ2n) is 15.3. The molecule has 0 unspecified atom stereocenters. The molecule has 0 spiro atoms. The van der Waals surface area contributed by atoms with Gasteiger partial charge in [-0.25, -0.2) is 15.0 Å². The third-order valence-electron chi connectivity index (χ3n) is 11.6. The molecule has 1 aliphatic carbocycles. The normalized spacial score (nSPS) is 12.8. The Balaban J connectivity index is 1.29. The van der Waals surface area contributed by atoms with Crippen molar-refractivity contribution in [2.75, 3.05) is 0 Å². The van der Waals surface area contributed by atoms with Crippen LogP contribution in [0, 0.1) is 0 Å². The molecule has 58 heavy (non-hydrogen) atoms. The molecule has 6 nitrogen and oxygen atoms in total. The van der Waals surface area contributed by atoms with E-state index in [1.807, 2.05) is 30.3 Å². The first-order valence-corrected chi connectivity index (χ1v) is 19.6. The van der Waals surface area contributed by atoms with Crippen molar-refractivity contribution in [1.29, 1.82) is 0 Å². The minimum atomic E-state index is -0.161. The van der Waals surface area contributed by atoms with Gasteiger partial charge in [0, 0.05) is 62.6 Å². The molecule has 0 saturated carbocycles. The molecule has 1 aliphatic rings. The molecule has 274 valence electrons. The van der Waals surface area contributed by atoms with Crippen LogP contribution in [0.15, 0.2) is 182 Å². The van der Waals surface area contributed by atoms with E-state index in [4.69, 9.17) is 15.0 Å². The summed E-state index contributed by atoms with van der Waals surface area (Å²) in [5.41, 5.74) is 15.2. The zero-order valence-corrected chi connectivity index (χ0v) is 32.0. The van der Waals surface area contributed by atoms with Crippen molar-refractivity contribution in [2.45, 2.75) is 19.3 Å². The van der Waals surface area contributed by atoms with Gasteiger partial charge in [-0.15, -0.1) is 0 Å². The van der Waals surface area contributed by atoms with E-state index >= 15 is 0 Å². The summed E-state index contributed by atoms with van der Waals surface area (Å²) in [5, 5.41) is 2.44. The lowest BCUT2D eigenvalue weighted by Gasteiger charge is -2.23. The minimum Gasteiger partial charge on any atom is -0.307 e. The topological polar surface area (TPSA) is 69.4 Å². The van der Waals surface area contributed by atoms with E-state index in [1.165, 1.54) is 38.5 Å². The molecule has 4 heterocycles. The van der Waals surface area contributed by atoms with E-state index in [2.05, 4.69) is 162 Å². The highest BCUT2D eigenvalue weighted by atomic mass is 15.1. The van der Waals surface area contributed by atoms with Gasteiger partial charge in [0.1, 0.15) is 5.69 Å². The standard InChI is InChI=1S/C52H36N6/c1-52(2)42-23-11-9-22-39(42)46-43(52)27-26-38-37-21-10-12-25-45(37)58(48(38)46)47-40(33-16-5-3-6-17-33)30-36(31-41(47)34-18-7-4-8-19-34)50-55-49(35-20-15-28-53-32-35)56-51(57-50)44-24-13-14-29-54-44/h3-32H,1-2H3. The van der Waals surface area contributed by atoms with E-state index in [-0.39, 0.29) is 5.41 Å². The summed E-state index contributed by atoms with van der Waals surface area (Å²) in [6.45, 7) is 4.70. The fraction of sp³-hybridized carbons (Fsp3) is 0.0577. The predicted octanol–water partition coefficient (Wildman–Crippen LogP) is 12.4. The summed E-state index contributed by atoms with van der Waals surface area (Å²) in [4.78, 5) is 24.2. The average Bonchev–Trinajstić information content (AvgIpc) is 3.75. The van der Waals surface area contributed by atoms with Crippen LogP contribution in [0.3, 0.4) is 0 Å². The number of benzene rings is 6. The van der Waals surface area contributed by atoms with Gasteiger partial charge in [-0.1, -0.05) is 135 Å². The van der Waals surface area contributed by atoms with Crippen LogP contribution < -0.4 is 0 Å². The highest BCUT2D eigenvalue weighted by Gasteiger charge is 2.38. The quantitative estimate of drug-likeness (QED) is 0.170. The molecule has 0 amide bonds. The molecule has 0 aliphatic heterocycles. The van der Waals surface area contributed by atoms with Crippen LogP contribution in [0.1, 0.15) is 25.0 Å². The number of rotatable bonds is 6. The fourth-order valence-electron chi connectivity index (χ4n) is 8.89. The maximum absolute atomic E-state index is 5.15. The lowest BCUT2D eigenvalue weighted by Crippen LogP contribution is -2.14. The minimum absolute atomic E-state index is 0.161. The summed E-state index contributed by atoms with van der Waals surface area (Å²) in [7, 11) is 0. The maximum atomic E-state index is 5.15. The second-order valence-corrected chi connectivity index (χ2v) is 15.3. The van der Waals surface area contributed by atoms with Gasteiger partial charge in [0.15, 0.2) is 17.5 Å². The number of nitrogens with zero attached hydrogens (tertiary/aromatic N) is 6. The zero-order valence-electron chi connectivity index (χ0n) is 32.0. The van der Waals surface area contributed by atoms with Crippen LogP contribution in [0.5, 0.6) is 0 Å². The SMILES string of the molecule is CC1(C)c2ccccc2-c2c1ccc1c3ccccc3n(-c3c(-c4ccccc4)cc(-c4nc(-c5cccnc5)nc(-c5ccccn5)n4)cc3-c3ccccc3)c21. The van der Waals surface area contributed by atoms with Crippen molar-refractivity contribution in [2.24, 2.45) is 0 Å². The largest absolute Gasteiger partial charge is 0.307 e. The van der Waals surface area contributed by atoms with E-state index < -0.39 is 0 Å². The van der Waals surface area contributed by atoms with E-state index in [0.29, 0.717) is 23.2 Å². The Hall–Kier alpha value is -7.57. The van der Waals surface area contributed by atoms with Gasteiger partial charge in [0.25, 0.3) is 0 Å². The highest BCUT2D eigenvalue weighted by Crippen LogP contribution is 2.54. The summed E-state index contributed by atoms with van der Waals surface area (Å²) in [6, 6.07) is 58.0. The fourth-order valence-corrected chi connectivity index (χ4v) is 8.89. The van der Waals surface area contributed by atoms with Gasteiger partial charge >= 0.3 is 0 Å². The van der Waals surface area contributed by atoms with Gasteiger partial charge in [-0.2, -0.15) is 0 Å². The zero-order chi connectivity index (χ0) is 38.8. The first-order chi connectivity index (χ1) is 28.5. The molecule has 10 aromatic rings. The number of hydrogen-bond donors (Lipinski definition) is 0. The van der Waals surface area contributed by atoms with Crippen molar-refractivity contribution < 1.29 is 0 Å². The Morgan fingerprint density at radius 3 is 1.81 bits per heavy atom. The van der Waals surface area contributed by atoms with Crippen LogP contribution >= 0.6 is 0 Å². The van der Waals surface area contributed by atoms with Crippen molar-refractivity contribution in [3.8, 4) is 73.4 Å². The number of aromatic nitrogens is 6. The monoisotopic (exact) mass is 744 g/mol. The molecule has 4 aromatic heterocycles. The Labute approximate surface area is 336 Å². The van der Waals surface area contributed by atoms with Crippen LogP contribution in [-0.4, -0.2) is 29.5 Å². The van der Waals surface area contributed by atoms with Crippen LogP contribution in [0.4, 0.5) is 0 Å². The van der Waals surface area contributed by atoms with Crippen molar-refractivity contribution in [1.82, 2.24) is 29.5 Å². The van der Waals surface area contributed by atoms with Gasteiger partial charge in [-0.05, 0) is 70.3 Å². The van der Waals surface area contributed by atoms with Gasteiger partial charge in [-0.3, -0.25) is 9.97 Å². The summed E-state index contributed by atoms with van der Waals surface area (Å²) < 4.78 is 2.53. The van der Waals surface area contributed by atoms with E-state index in [1.54, 1.807) is 18.6 Å². The lowest BCUT2D eigenvalue weighted by atomic mass is 9.82. The molecule has 0 bridgehead atoms. The molecular formula is C52H36N6. The molecule has 0 saturated heterocycles. The Kier molecular flexibility index (Phi) is 7.73. The number of hydrogen-bond acceptors (Lipinski definition) is 5. The molecular weight excluding hydrogens is 709 g/mol. The summed E-state index contributed by atoms with van der Waals surface area (Å²) in [6.07, 6.45) is 5.31. The molecule has 0 fully saturated rings. The molecule has 6 heteroatoms. The third kappa shape index (κ3) is 5.30. The molecule has 0 radical (unpaired) electrons. The number of fused-ring (bicyclic) bond motifs is 7. The average molecular weight is 745 g/mol. The highest BCUT2D eigenvalue weighted by molar-refractivity contribution is 6.16. The van der Waals surface area contributed by atoms with Gasteiger partial charge < -0.3 is 4.57 Å².